The normalized spacial score (nSPS) is 11.0. The highest BCUT2D eigenvalue weighted by Crippen LogP contribution is 2.34. The van der Waals surface area contributed by atoms with Crippen LogP contribution in [0.3, 0.4) is 0 Å². The number of ketones is 1. The first kappa shape index (κ1) is 21.5. The van der Waals surface area contributed by atoms with Gasteiger partial charge in [-0.05, 0) is 49.6 Å². The van der Waals surface area contributed by atoms with Crippen molar-refractivity contribution >= 4 is 62.0 Å². The smallest absolute Gasteiger partial charge is 0.263 e. The third-order valence-corrected chi connectivity index (χ3v) is 7.42. The Morgan fingerprint density at radius 1 is 1.16 bits per heavy atom. The molecule has 1 N–H and O–H groups in total. The van der Waals surface area contributed by atoms with Crippen LogP contribution < -0.4 is 10.9 Å². The molecule has 0 fully saturated rings. The quantitative estimate of drug-likeness (QED) is 0.230. The van der Waals surface area contributed by atoms with Crippen LogP contribution in [0.25, 0.3) is 20.7 Å². The van der Waals surface area contributed by atoms with Crippen LogP contribution in [0.2, 0.25) is 0 Å². The highest BCUT2D eigenvalue weighted by Gasteiger charge is 2.18. The third-order valence-electron chi connectivity index (χ3n) is 4.67. The van der Waals surface area contributed by atoms with E-state index >= 15 is 0 Å². The molecule has 6 nitrogen and oxygen atoms in total. The minimum atomic E-state index is -0.206. The molecule has 158 valence electrons. The van der Waals surface area contributed by atoms with Crippen LogP contribution in [-0.4, -0.2) is 27.0 Å². The second-order valence-corrected chi connectivity index (χ2v) is 9.47. The average molecular weight is 470 g/mol. The van der Waals surface area contributed by atoms with Crippen molar-refractivity contribution in [2.24, 2.45) is 0 Å². The number of hydrogen-bond donors (Lipinski definition) is 1. The Labute approximate surface area is 191 Å². The summed E-state index contributed by atoms with van der Waals surface area (Å²) in [6.07, 6.45) is 0. The molecule has 0 spiro atoms. The fraction of sp³-hybridized carbons (Fsp3) is 0.182. The molecule has 3 heterocycles. The van der Waals surface area contributed by atoms with Crippen molar-refractivity contribution < 1.29 is 9.59 Å². The van der Waals surface area contributed by atoms with Gasteiger partial charge in [-0.1, -0.05) is 17.8 Å². The van der Waals surface area contributed by atoms with Crippen LogP contribution in [0, 0.1) is 0 Å². The van der Waals surface area contributed by atoms with Crippen LogP contribution >= 0.6 is 34.4 Å². The van der Waals surface area contributed by atoms with E-state index in [9.17, 15) is 14.4 Å². The summed E-state index contributed by atoms with van der Waals surface area (Å²) in [7, 11) is 0. The topological polar surface area (TPSA) is 81.1 Å². The number of nitrogens with zero attached hydrogens (tertiary/aromatic N) is 2. The number of Topliss-reactive ketones (excluding diaryl/α,β-unsaturated/α-hetero) is 1. The number of fused-ring (bicyclic) bond motifs is 1. The van der Waals surface area contributed by atoms with E-state index in [0.29, 0.717) is 33.2 Å². The highest BCUT2D eigenvalue weighted by molar-refractivity contribution is 7.99. The number of carbonyl (C=O) groups is 2. The number of carbonyl (C=O) groups excluding carboxylic acids is 2. The molecule has 31 heavy (non-hydrogen) atoms. The fourth-order valence-corrected chi connectivity index (χ4v) is 5.79. The zero-order valence-electron chi connectivity index (χ0n) is 16.9. The number of nitrogens with one attached hydrogen (secondary N) is 1. The van der Waals surface area contributed by atoms with Crippen LogP contribution in [-0.2, 0) is 11.3 Å². The molecule has 4 rings (SSSR count). The first-order valence-electron chi connectivity index (χ1n) is 9.57. The maximum absolute atomic E-state index is 13.2. The molecular weight excluding hydrogens is 450 g/mol. The molecule has 0 saturated carbocycles. The largest absolute Gasteiger partial charge is 0.325 e. The Morgan fingerprint density at radius 3 is 2.58 bits per heavy atom. The summed E-state index contributed by atoms with van der Waals surface area (Å²) in [5.41, 5.74) is 2.04. The van der Waals surface area contributed by atoms with Gasteiger partial charge >= 0.3 is 0 Å². The first-order valence-corrected chi connectivity index (χ1v) is 12.3. The minimum absolute atomic E-state index is 0.0248. The minimum Gasteiger partial charge on any atom is -0.325 e. The summed E-state index contributed by atoms with van der Waals surface area (Å²) in [6.45, 7) is 3.86. The zero-order chi connectivity index (χ0) is 22.0. The summed E-state index contributed by atoms with van der Waals surface area (Å²) in [6, 6.07) is 10.7. The van der Waals surface area contributed by atoms with E-state index in [1.54, 1.807) is 40.2 Å². The molecule has 0 aliphatic carbocycles. The molecule has 0 atom stereocenters. The highest BCUT2D eigenvalue weighted by atomic mass is 32.2. The number of anilines is 1. The summed E-state index contributed by atoms with van der Waals surface area (Å²) in [4.78, 5) is 43.3. The molecule has 1 amide bonds. The summed E-state index contributed by atoms with van der Waals surface area (Å²) >= 11 is 4.27. The van der Waals surface area contributed by atoms with E-state index in [2.05, 4.69) is 10.3 Å². The van der Waals surface area contributed by atoms with Gasteiger partial charge in [-0.25, -0.2) is 4.98 Å². The van der Waals surface area contributed by atoms with Crippen LogP contribution in [0.1, 0.15) is 24.2 Å². The van der Waals surface area contributed by atoms with Gasteiger partial charge in [0.1, 0.15) is 4.83 Å². The standard InChI is InChI=1S/C22H19N3O3S3/c1-3-25-21(28)19-16(17-5-4-10-29-17)11-30-20(19)24-22(25)31-12-18(27)23-15-8-6-14(7-9-15)13(2)26/h4-11H,3,12H2,1-2H3,(H,23,27). The Balaban J connectivity index is 1.53. The predicted molar refractivity (Wildman–Crippen MR) is 129 cm³/mol. The second-order valence-electron chi connectivity index (χ2n) is 6.72. The van der Waals surface area contributed by atoms with Crippen molar-refractivity contribution in [1.82, 2.24) is 9.55 Å². The SMILES string of the molecule is CCn1c(SCC(=O)Nc2ccc(C(C)=O)cc2)nc2scc(-c3cccs3)c2c1=O. The Hall–Kier alpha value is -2.75. The molecule has 0 unspecified atom stereocenters. The monoisotopic (exact) mass is 469 g/mol. The molecule has 0 saturated heterocycles. The van der Waals surface area contributed by atoms with E-state index in [1.165, 1.54) is 30.0 Å². The molecular formula is C22H19N3O3S3. The second kappa shape index (κ2) is 9.17. The lowest BCUT2D eigenvalue weighted by Crippen LogP contribution is -2.23. The van der Waals surface area contributed by atoms with E-state index in [0.717, 1.165) is 10.4 Å². The average Bonchev–Trinajstić information content (AvgIpc) is 3.42. The van der Waals surface area contributed by atoms with E-state index in [-0.39, 0.29) is 23.0 Å². The lowest BCUT2D eigenvalue weighted by atomic mass is 10.1. The molecule has 4 aromatic rings. The summed E-state index contributed by atoms with van der Waals surface area (Å²) < 4.78 is 1.62. The van der Waals surface area contributed by atoms with Crippen molar-refractivity contribution in [3.8, 4) is 10.4 Å². The van der Waals surface area contributed by atoms with E-state index in [4.69, 9.17) is 0 Å². The predicted octanol–water partition coefficient (Wildman–Crippen LogP) is 5.14. The van der Waals surface area contributed by atoms with Crippen LogP contribution in [0.4, 0.5) is 5.69 Å². The van der Waals surface area contributed by atoms with Gasteiger partial charge in [0.2, 0.25) is 5.91 Å². The van der Waals surface area contributed by atoms with Crippen molar-refractivity contribution in [2.75, 3.05) is 11.1 Å². The van der Waals surface area contributed by atoms with Crippen molar-refractivity contribution in [3.63, 3.8) is 0 Å². The number of rotatable bonds is 7. The van der Waals surface area contributed by atoms with Gasteiger partial charge in [0.15, 0.2) is 10.9 Å². The number of benzene rings is 1. The number of aromatic nitrogens is 2. The Morgan fingerprint density at radius 2 is 1.94 bits per heavy atom. The maximum Gasteiger partial charge on any atom is 0.263 e. The number of amides is 1. The fourth-order valence-electron chi connectivity index (χ4n) is 3.12. The molecule has 0 radical (unpaired) electrons. The summed E-state index contributed by atoms with van der Waals surface area (Å²) in [5.74, 6) is -0.110. The van der Waals surface area contributed by atoms with Gasteiger partial charge in [-0.15, -0.1) is 22.7 Å². The van der Waals surface area contributed by atoms with Crippen LogP contribution in [0.5, 0.6) is 0 Å². The van der Waals surface area contributed by atoms with Gasteiger partial charge in [0.25, 0.3) is 5.56 Å². The Kier molecular flexibility index (Phi) is 6.35. The number of hydrogen-bond acceptors (Lipinski definition) is 7. The lowest BCUT2D eigenvalue weighted by molar-refractivity contribution is -0.113. The molecule has 0 aliphatic rings. The summed E-state index contributed by atoms with van der Waals surface area (Å²) in [5, 5.41) is 7.93. The van der Waals surface area contributed by atoms with Gasteiger partial charge in [-0.3, -0.25) is 19.0 Å². The van der Waals surface area contributed by atoms with Gasteiger partial charge in [0, 0.05) is 33.6 Å². The van der Waals surface area contributed by atoms with Crippen molar-refractivity contribution in [2.45, 2.75) is 25.5 Å². The van der Waals surface area contributed by atoms with Crippen LogP contribution in [0.15, 0.2) is 57.1 Å². The Bertz CT molecular complexity index is 1310. The molecule has 0 bridgehead atoms. The molecule has 0 aliphatic heterocycles. The van der Waals surface area contributed by atoms with Gasteiger partial charge in [-0.2, -0.15) is 0 Å². The molecule has 9 heteroatoms. The number of thioether (sulfide) groups is 1. The third kappa shape index (κ3) is 4.48. The molecule has 3 aromatic heterocycles. The van der Waals surface area contributed by atoms with Gasteiger partial charge < -0.3 is 5.32 Å². The molecule has 1 aromatic carbocycles. The van der Waals surface area contributed by atoms with E-state index < -0.39 is 0 Å². The van der Waals surface area contributed by atoms with Crippen molar-refractivity contribution in [1.29, 1.82) is 0 Å². The maximum atomic E-state index is 13.2. The zero-order valence-corrected chi connectivity index (χ0v) is 19.3. The lowest BCUT2D eigenvalue weighted by Gasteiger charge is -2.10. The van der Waals surface area contributed by atoms with E-state index in [1.807, 2.05) is 29.8 Å². The first-order chi connectivity index (χ1) is 15.0. The van der Waals surface area contributed by atoms with Gasteiger partial charge in [0.05, 0.1) is 11.1 Å². The van der Waals surface area contributed by atoms with Crippen molar-refractivity contribution in [3.05, 3.63) is 63.1 Å². The number of thiophene rings is 2.